The molecule has 0 bridgehead atoms. The minimum absolute atomic E-state index is 0.0837. The summed E-state index contributed by atoms with van der Waals surface area (Å²) in [6.07, 6.45) is 0.529. The fourth-order valence-electron chi connectivity index (χ4n) is 1.27. The highest BCUT2D eigenvalue weighted by Gasteiger charge is 2.24. The highest BCUT2D eigenvalue weighted by Crippen LogP contribution is 2.29. The molecule has 0 N–H and O–H groups in total. The van der Waals surface area contributed by atoms with Gasteiger partial charge in [-0.05, 0) is 24.3 Å². The Labute approximate surface area is 95.2 Å². The van der Waals surface area contributed by atoms with E-state index in [1.165, 1.54) is 4.90 Å². The van der Waals surface area contributed by atoms with E-state index in [2.05, 4.69) is 15.9 Å². The molecule has 0 aromatic heterocycles. The number of hydrogen-bond donors (Lipinski definition) is 0. The fourth-order valence-corrected chi connectivity index (χ4v) is 2.57. The van der Waals surface area contributed by atoms with Crippen LogP contribution in [0.25, 0.3) is 0 Å². The second-order valence-electron chi connectivity index (χ2n) is 3.08. The van der Waals surface area contributed by atoms with E-state index in [9.17, 15) is 4.79 Å². The lowest BCUT2D eigenvalue weighted by molar-refractivity contribution is -0.137. The molecule has 1 aliphatic rings. The van der Waals surface area contributed by atoms with Gasteiger partial charge in [-0.2, -0.15) is 0 Å². The lowest BCUT2D eigenvalue weighted by Crippen LogP contribution is -1.99. The van der Waals surface area contributed by atoms with Gasteiger partial charge in [0.15, 0.2) is 0 Å². The van der Waals surface area contributed by atoms with E-state index in [1.807, 2.05) is 24.3 Å². The molecule has 1 heterocycles. The Hall–Kier alpha value is -0.480. The number of esters is 1. The molecule has 1 aliphatic heterocycles. The molecule has 0 spiro atoms. The molecule has 1 fully saturated rings. The van der Waals surface area contributed by atoms with Gasteiger partial charge < -0.3 is 4.74 Å². The highest BCUT2D eigenvalue weighted by molar-refractivity contribution is 9.10. The first kappa shape index (κ1) is 10.1. The van der Waals surface area contributed by atoms with Crippen molar-refractivity contribution in [2.45, 2.75) is 16.6 Å². The SMILES string of the molecule is O=C1C[C@@H](Sc2ccc(Br)cc2)CO1. The van der Waals surface area contributed by atoms with Gasteiger partial charge in [-0.15, -0.1) is 11.8 Å². The Morgan fingerprint density at radius 2 is 2.07 bits per heavy atom. The van der Waals surface area contributed by atoms with Crippen LogP contribution in [0, 0.1) is 0 Å². The van der Waals surface area contributed by atoms with Gasteiger partial charge >= 0.3 is 5.97 Å². The number of carbonyl (C=O) groups is 1. The average Bonchev–Trinajstić information content (AvgIpc) is 2.56. The van der Waals surface area contributed by atoms with Crippen molar-refractivity contribution in [2.75, 3.05) is 6.61 Å². The highest BCUT2D eigenvalue weighted by atomic mass is 79.9. The van der Waals surface area contributed by atoms with Gasteiger partial charge in [0.2, 0.25) is 0 Å². The molecular weight excluding hydrogens is 264 g/mol. The van der Waals surface area contributed by atoms with E-state index < -0.39 is 0 Å². The number of hydrogen-bond acceptors (Lipinski definition) is 3. The zero-order valence-corrected chi connectivity index (χ0v) is 9.81. The molecule has 4 heteroatoms. The van der Waals surface area contributed by atoms with Gasteiger partial charge in [-0.3, -0.25) is 4.79 Å². The minimum Gasteiger partial charge on any atom is -0.464 e. The van der Waals surface area contributed by atoms with Crippen LogP contribution < -0.4 is 0 Å². The van der Waals surface area contributed by atoms with E-state index in [1.54, 1.807) is 11.8 Å². The largest absolute Gasteiger partial charge is 0.464 e. The number of rotatable bonds is 2. The van der Waals surface area contributed by atoms with Crippen LogP contribution in [0.5, 0.6) is 0 Å². The van der Waals surface area contributed by atoms with Crippen molar-refractivity contribution in [1.29, 1.82) is 0 Å². The maximum atomic E-state index is 10.9. The van der Waals surface area contributed by atoms with Crippen molar-refractivity contribution in [2.24, 2.45) is 0 Å². The summed E-state index contributed by atoms with van der Waals surface area (Å²) in [5.74, 6) is -0.0837. The van der Waals surface area contributed by atoms with Crippen LogP contribution in [0.4, 0.5) is 0 Å². The van der Waals surface area contributed by atoms with Gasteiger partial charge in [-0.1, -0.05) is 15.9 Å². The molecule has 0 radical (unpaired) electrons. The van der Waals surface area contributed by atoms with Crippen molar-refractivity contribution >= 4 is 33.7 Å². The molecule has 0 saturated carbocycles. The molecular formula is C10H9BrO2S. The number of thioether (sulfide) groups is 1. The number of cyclic esters (lactones) is 1. The van der Waals surface area contributed by atoms with Crippen molar-refractivity contribution < 1.29 is 9.53 Å². The molecule has 2 nitrogen and oxygen atoms in total. The number of carbonyl (C=O) groups excluding carboxylic acids is 1. The number of ether oxygens (including phenoxy) is 1. The van der Waals surface area contributed by atoms with E-state index in [-0.39, 0.29) is 11.2 Å². The van der Waals surface area contributed by atoms with Gasteiger partial charge in [-0.25, -0.2) is 0 Å². The van der Waals surface area contributed by atoms with E-state index in [4.69, 9.17) is 4.74 Å². The Morgan fingerprint density at radius 3 is 2.64 bits per heavy atom. The molecule has 1 aromatic carbocycles. The summed E-state index contributed by atoms with van der Waals surface area (Å²) in [6.45, 7) is 0.541. The Bertz CT molecular complexity index is 336. The summed E-state index contributed by atoms with van der Waals surface area (Å²) < 4.78 is 5.96. The monoisotopic (exact) mass is 272 g/mol. The zero-order valence-electron chi connectivity index (χ0n) is 7.40. The standard InChI is InChI=1S/C10H9BrO2S/c11-7-1-3-8(4-2-7)14-9-5-10(12)13-6-9/h1-4,9H,5-6H2/t9-/m1/s1. The van der Waals surface area contributed by atoms with Crippen LogP contribution in [-0.2, 0) is 9.53 Å². The lowest BCUT2D eigenvalue weighted by atomic mass is 10.4. The Kier molecular flexibility index (Phi) is 3.13. The molecule has 1 atom stereocenters. The second-order valence-corrected chi connectivity index (χ2v) is 5.37. The van der Waals surface area contributed by atoms with E-state index >= 15 is 0 Å². The van der Waals surface area contributed by atoms with Crippen LogP contribution in [0.15, 0.2) is 33.6 Å². The van der Waals surface area contributed by atoms with Crippen molar-refractivity contribution in [3.8, 4) is 0 Å². The molecule has 14 heavy (non-hydrogen) atoms. The average molecular weight is 273 g/mol. The molecule has 74 valence electrons. The molecule has 0 amide bonds. The van der Waals surface area contributed by atoms with E-state index in [0.29, 0.717) is 13.0 Å². The topological polar surface area (TPSA) is 26.3 Å². The maximum absolute atomic E-state index is 10.9. The summed E-state index contributed by atoms with van der Waals surface area (Å²) in [5, 5.41) is 0.281. The summed E-state index contributed by atoms with van der Waals surface area (Å²) in [6, 6.07) is 8.08. The zero-order chi connectivity index (χ0) is 9.97. The minimum atomic E-state index is -0.0837. The fraction of sp³-hybridized carbons (Fsp3) is 0.300. The van der Waals surface area contributed by atoms with Crippen LogP contribution in [0.1, 0.15) is 6.42 Å². The molecule has 0 unspecified atom stereocenters. The molecule has 2 rings (SSSR count). The second kappa shape index (κ2) is 4.36. The van der Waals surface area contributed by atoms with Crippen molar-refractivity contribution in [3.63, 3.8) is 0 Å². The normalized spacial score (nSPS) is 20.9. The summed E-state index contributed by atoms with van der Waals surface area (Å²) in [5.41, 5.74) is 0. The number of halogens is 1. The van der Waals surface area contributed by atoms with Gasteiger partial charge in [0.1, 0.15) is 6.61 Å². The maximum Gasteiger partial charge on any atom is 0.307 e. The molecule has 0 aliphatic carbocycles. The first-order valence-corrected chi connectivity index (χ1v) is 5.99. The summed E-state index contributed by atoms with van der Waals surface area (Å²) in [4.78, 5) is 12.0. The van der Waals surface area contributed by atoms with Gasteiger partial charge in [0.05, 0.1) is 11.7 Å². The van der Waals surface area contributed by atoms with Crippen LogP contribution in [0.3, 0.4) is 0 Å². The quantitative estimate of drug-likeness (QED) is 0.775. The Morgan fingerprint density at radius 1 is 1.36 bits per heavy atom. The van der Waals surface area contributed by atoms with Crippen LogP contribution >= 0.6 is 27.7 Å². The van der Waals surface area contributed by atoms with Gasteiger partial charge in [0.25, 0.3) is 0 Å². The molecule has 1 saturated heterocycles. The smallest absolute Gasteiger partial charge is 0.307 e. The molecule has 1 aromatic rings. The Balaban J connectivity index is 1.97. The predicted octanol–water partition coefficient (Wildman–Crippen LogP) is 2.86. The lowest BCUT2D eigenvalue weighted by Gasteiger charge is -2.05. The number of benzene rings is 1. The third-order valence-corrected chi connectivity index (χ3v) is 3.65. The summed E-state index contributed by atoms with van der Waals surface area (Å²) >= 11 is 5.08. The van der Waals surface area contributed by atoms with Crippen molar-refractivity contribution in [3.05, 3.63) is 28.7 Å². The van der Waals surface area contributed by atoms with Crippen LogP contribution in [0.2, 0.25) is 0 Å². The van der Waals surface area contributed by atoms with Gasteiger partial charge in [0, 0.05) is 9.37 Å². The third-order valence-electron chi connectivity index (χ3n) is 1.94. The van der Waals surface area contributed by atoms with Crippen LogP contribution in [-0.4, -0.2) is 17.8 Å². The third kappa shape index (κ3) is 2.51. The first-order valence-electron chi connectivity index (χ1n) is 4.32. The first-order chi connectivity index (χ1) is 6.74. The summed E-state index contributed by atoms with van der Waals surface area (Å²) in [7, 11) is 0. The van der Waals surface area contributed by atoms with Crippen molar-refractivity contribution in [1.82, 2.24) is 0 Å². The predicted molar refractivity (Wildman–Crippen MR) is 59.4 cm³/mol. The van der Waals surface area contributed by atoms with E-state index in [0.717, 1.165) is 4.47 Å².